The molecular formula is C26H29N3O4. The van der Waals surface area contributed by atoms with E-state index in [1.54, 1.807) is 29.2 Å². The molecule has 33 heavy (non-hydrogen) atoms. The first kappa shape index (κ1) is 22.7. The van der Waals surface area contributed by atoms with Crippen molar-refractivity contribution in [3.8, 4) is 0 Å². The van der Waals surface area contributed by atoms with Crippen LogP contribution in [0.5, 0.6) is 0 Å². The van der Waals surface area contributed by atoms with Gasteiger partial charge in [-0.05, 0) is 49.4 Å². The van der Waals surface area contributed by atoms with Crippen LogP contribution in [0.4, 0.5) is 5.69 Å². The molecule has 1 atom stereocenters. The number of hydrogen-bond acceptors (Lipinski definition) is 4. The standard InChI is InChI=1S/C26H29N3O4/c1-17(2)16-22(29-24(31)20-10-6-7-11-21(20)25(29)32)26(33)28-14-12-18(13-15-28)23(30)27-19-8-4-3-5-9-19/h3-11,17-18,22H,12-16H2,1-2H3,(H,27,30)/t22-/m0/s1. The molecule has 0 unspecified atom stereocenters. The van der Waals surface area contributed by atoms with Crippen molar-refractivity contribution in [2.24, 2.45) is 11.8 Å². The van der Waals surface area contributed by atoms with E-state index in [2.05, 4.69) is 5.32 Å². The van der Waals surface area contributed by atoms with E-state index in [1.165, 1.54) is 0 Å². The van der Waals surface area contributed by atoms with Gasteiger partial charge in [0.25, 0.3) is 11.8 Å². The quantitative estimate of drug-likeness (QED) is 0.686. The number of anilines is 1. The van der Waals surface area contributed by atoms with Crippen LogP contribution < -0.4 is 5.32 Å². The summed E-state index contributed by atoms with van der Waals surface area (Å²) in [6.45, 7) is 4.78. The average molecular weight is 448 g/mol. The van der Waals surface area contributed by atoms with Gasteiger partial charge in [-0.3, -0.25) is 24.1 Å². The molecule has 1 fully saturated rings. The minimum Gasteiger partial charge on any atom is -0.341 e. The third kappa shape index (κ3) is 4.67. The third-order valence-corrected chi connectivity index (χ3v) is 6.34. The van der Waals surface area contributed by atoms with E-state index in [0.29, 0.717) is 43.5 Å². The van der Waals surface area contributed by atoms with Gasteiger partial charge in [0.1, 0.15) is 6.04 Å². The van der Waals surface area contributed by atoms with Gasteiger partial charge in [0, 0.05) is 24.7 Å². The fraction of sp³-hybridized carbons (Fsp3) is 0.385. The molecule has 172 valence electrons. The Morgan fingerprint density at radius 1 is 0.909 bits per heavy atom. The fourth-order valence-corrected chi connectivity index (χ4v) is 4.59. The van der Waals surface area contributed by atoms with Gasteiger partial charge in [0.15, 0.2) is 0 Å². The molecule has 1 saturated heterocycles. The summed E-state index contributed by atoms with van der Waals surface area (Å²) in [6, 6.07) is 15.2. The minimum absolute atomic E-state index is 0.0487. The zero-order chi connectivity index (χ0) is 23.5. The molecule has 4 amide bonds. The Bertz CT molecular complexity index is 1020. The number of carbonyl (C=O) groups is 4. The largest absolute Gasteiger partial charge is 0.341 e. The highest BCUT2D eigenvalue weighted by Gasteiger charge is 2.44. The first-order valence-electron chi connectivity index (χ1n) is 11.5. The molecule has 7 nitrogen and oxygen atoms in total. The predicted molar refractivity (Wildman–Crippen MR) is 125 cm³/mol. The second kappa shape index (κ2) is 9.57. The van der Waals surface area contributed by atoms with E-state index in [9.17, 15) is 19.2 Å². The number of imide groups is 1. The van der Waals surface area contributed by atoms with E-state index in [1.807, 2.05) is 44.2 Å². The van der Waals surface area contributed by atoms with Crippen molar-refractivity contribution in [3.05, 3.63) is 65.7 Å². The SMILES string of the molecule is CC(C)C[C@@H](C(=O)N1CCC(C(=O)Nc2ccccc2)CC1)N1C(=O)c2ccccc2C1=O. The fourth-order valence-electron chi connectivity index (χ4n) is 4.59. The molecular weight excluding hydrogens is 418 g/mol. The Hall–Kier alpha value is -3.48. The Morgan fingerprint density at radius 2 is 1.45 bits per heavy atom. The van der Waals surface area contributed by atoms with Crippen LogP contribution in [0.15, 0.2) is 54.6 Å². The number of para-hydroxylation sites is 1. The number of piperidine rings is 1. The number of fused-ring (bicyclic) bond motifs is 1. The molecule has 7 heteroatoms. The van der Waals surface area contributed by atoms with Gasteiger partial charge >= 0.3 is 0 Å². The van der Waals surface area contributed by atoms with Crippen molar-refractivity contribution in [2.75, 3.05) is 18.4 Å². The van der Waals surface area contributed by atoms with Gasteiger partial charge in [0.2, 0.25) is 11.8 Å². The van der Waals surface area contributed by atoms with Crippen LogP contribution in [0.25, 0.3) is 0 Å². The Kier molecular flexibility index (Phi) is 6.58. The van der Waals surface area contributed by atoms with E-state index in [4.69, 9.17) is 0 Å². The van der Waals surface area contributed by atoms with Gasteiger partial charge < -0.3 is 10.2 Å². The van der Waals surface area contributed by atoms with Gasteiger partial charge in [0.05, 0.1) is 11.1 Å². The van der Waals surface area contributed by atoms with Crippen LogP contribution in [-0.2, 0) is 9.59 Å². The summed E-state index contributed by atoms with van der Waals surface area (Å²) in [6.07, 6.45) is 1.49. The summed E-state index contributed by atoms with van der Waals surface area (Å²) in [5.41, 5.74) is 1.45. The first-order valence-corrected chi connectivity index (χ1v) is 11.5. The maximum atomic E-state index is 13.5. The summed E-state index contributed by atoms with van der Waals surface area (Å²) in [4.78, 5) is 55.0. The molecule has 0 radical (unpaired) electrons. The topological polar surface area (TPSA) is 86.8 Å². The molecule has 2 aromatic carbocycles. The molecule has 0 bridgehead atoms. The van der Waals surface area contributed by atoms with Gasteiger partial charge in [-0.25, -0.2) is 0 Å². The van der Waals surface area contributed by atoms with Crippen LogP contribution in [-0.4, -0.2) is 52.6 Å². The lowest BCUT2D eigenvalue weighted by atomic mass is 9.94. The number of carbonyl (C=O) groups excluding carboxylic acids is 4. The van der Waals surface area contributed by atoms with Crippen molar-refractivity contribution >= 4 is 29.3 Å². The summed E-state index contributed by atoms with van der Waals surface area (Å²) in [5, 5.41) is 2.93. The zero-order valence-corrected chi connectivity index (χ0v) is 19.0. The van der Waals surface area contributed by atoms with Crippen molar-refractivity contribution in [3.63, 3.8) is 0 Å². The van der Waals surface area contributed by atoms with E-state index < -0.39 is 17.9 Å². The van der Waals surface area contributed by atoms with Gasteiger partial charge in [-0.15, -0.1) is 0 Å². The summed E-state index contributed by atoms with van der Waals surface area (Å²) in [7, 11) is 0. The Morgan fingerprint density at radius 3 is 2.00 bits per heavy atom. The third-order valence-electron chi connectivity index (χ3n) is 6.34. The molecule has 1 N–H and O–H groups in total. The minimum atomic E-state index is -0.841. The smallest absolute Gasteiger partial charge is 0.262 e. The van der Waals surface area contributed by atoms with Gasteiger partial charge in [-0.2, -0.15) is 0 Å². The summed E-state index contributed by atoms with van der Waals surface area (Å²) >= 11 is 0. The van der Waals surface area contributed by atoms with Crippen molar-refractivity contribution < 1.29 is 19.2 Å². The van der Waals surface area contributed by atoms with Crippen molar-refractivity contribution in [2.45, 2.75) is 39.2 Å². The van der Waals surface area contributed by atoms with Crippen LogP contribution >= 0.6 is 0 Å². The zero-order valence-electron chi connectivity index (χ0n) is 19.0. The van der Waals surface area contributed by atoms with Crippen LogP contribution in [0, 0.1) is 11.8 Å². The number of nitrogens with one attached hydrogen (secondary N) is 1. The molecule has 0 aromatic heterocycles. The lowest BCUT2D eigenvalue weighted by molar-refractivity contribution is -0.138. The maximum Gasteiger partial charge on any atom is 0.262 e. The van der Waals surface area contributed by atoms with Crippen LogP contribution in [0.1, 0.15) is 53.8 Å². The number of hydrogen-bond donors (Lipinski definition) is 1. The number of nitrogens with zero attached hydrogens (tertiary/aromatic N) is 2. The van der Waals surface area contributed by atoms with E-state index >= 15 is 0 Å². The monoisotopic (exact) mass is 447 g/mol. The first-order chi connectivity index (χ1) is 15.9. The van der Waals surface area contributed by atoms with Gasteiger partial charge in [-0.1, -0.05) is 44.2 Å². The second-order valence-electron chi connectivity index (χ2n) is 9.13. The van der Waals surface area contributed by atoms with Crippen molar-refractivity contribution in [1.82, 2.24) is 9.80 Å². The highest BCUT2D eigenvalue weighted by molar-refractivity contribution is 6.22. The summed E-state index contributed by atoms with van der Waals surface area (Å²) in [5.74, 6) is -1.15. The van der Waals surface area contributed by atoms with Crippen LogP contribution in [0.3, 0.4) is 0 Å². The highest BCUT2D eigenvalue weighted by Crippen LogP contribution is 2.29. The lowest BCUT2D eigenvalue weighted by Crippen LogP contribution is -2.53. The van der Waals surface area contributed by atoms with E-state index in [-0.39, 0.29) is 23.7 Å². The highest BCUT2D eigenvalue weighted by atomic mass is 16.2. The lowest BCUT2D eigenvalue weighted by Gasteiger charge is -2.36. The number of likely N-dealkylation sites (tertiary alicyclic amines) is 1. The maximum absolute atomic E-state index is 13.5. The number of amides is 4. The molecule has 2 aliphatic heterocycles. The molecule has 2 aliphatic rings. The molecule has 2 aromatic rings. The number of benzene rings is 2. The Labute approximate surface area is 193 Å². The second-order valence-corrected chi connectivity index (χ2v) is 9.13. The molecule has 0 aliphatic carbocycles. The molecule has 0 spiro atoms. The molecule has 4 rings (SSSR count). The molecule has 0 saturated carbocycles. The normalized spacial score (nSPS) is 17.3. The Balaban J connectivity index is 1.44. The average Bonchev–Trinajstić information content (AvgIpc) is 3.08. The predicted octanol–water partition coefficient (Wildman–Crippen LogP) is 3.57. The van der Waals surface area contributed by atoms with Crippen molar-refractivity contribution in [1.29, 1.82) is 0 Å². The molecule has 2 heterocycles. The summed E-state index contributed by atoms with van der Waals surface area (Å²) < 4.78 is 0. The number of rotatable bonds is 6. The van der Waals surface area contributed by atoms with E-state index in [0.717, 1.165) is 10.6 Å². The van der Waals surface area contributed by atoms with Crippen LogP contribution in [0.2, 0.25) is 0 Å².